The molecule has 3 aromatic rings. The van der Waals surface area contributed by atoms with E-state index in [0.717, 1.165) is 41.0 Å². The van der Waals surface area contributed by atoms with Gasteiger partial charge in [-0.15, -0.1) is 13.2 Å². The molecule has 1 aromatic heterocycles. The fraction of sp³-hybridized carbons (Fsp3) is 0.273. The molecule has 4 rings (SSSR count). The maximum Gasteiger partial charge on any atom is 0.573 e. The minimum absolute atomic E-state index is 0.159. The number of carbonyl (C=O) groups excluding carboxylic acids is 1. The Morgan fingerprint density at radius 1 is 1.11 bits per heavy atom. The van der Waals surface area contributed by atoms with Crippen molar-refractivity contribution in [3.63, 3.8) is 0 Å². The zero-order chi connectivity index (χ0) is 25.7. The van der Waals surface area contributed by atoms with Crippen molar-refractivity contribution in [1.29, 1.82) is 0 Å². The van der Waals surface area contributed by atoms with E-state index in [-0.39, 0.29) is 23.4 Å². The maximum atomic E-state index is 13.1. The smallest absolute Gasteiger partial charge is 0.506 e. The molecule has 186 valence electrons. The number of hydrogen-bond acceptors (Lipinski definition) is 6. The molecule has 2 aromatic carbocycles. The molecule has 35 heavy (non-hydrogen) atoms. The SMILES string of the molecule is CCOC(=O)c1c(O)c2c(OC(F)(F)F)ccc3c2n(c1=O)CC(c1ccc(C(F)(F)F)cc1)O3. The van der Waals surface area contributed by atoms with Crippen LogP contribution >= 0.6 is 0 Å². The molecule has 13 heteroatoms. The lowest BCUT2D eigenvalue weighted by Gasteiger charge is -2.29. The van der Waals surface area contributed by atoms with Crippen molar-refractivity contribution in [3.8, 4) is 17.2 Å². The van der Waals surface area contributed by atoms with Crippen molar-refractivity contribution in [2.24, 2.45) is 0 Å². The van der Waals surface area contributed by atoms with Gasteiger partial charge in [-0.25, -0.2) is 4.79 Å². The van der Waals surface area contributed by atoms with E-state index in [0.29, 0.717) is 0 Å². The first-order valence-electron chi connectivity index (χ1n) is 10.0. The highest BCUT2D eigenvalue weighted by Crippen LogP contribution is 2.45. The van der Waals surface area contributed by atoms with Crippen LogP contribution in [0.3, 0.4) is 0 Å². The predicted molar refractivity (Wildman–Crippen MR) is 107 cm³/mol. The van der Waals surface area contributed by atoms with Crippen molar-refractivity contribution in [1.82, 2.24) is 4.57 Å². The van der Waals surface area contributed by atoms with E-state index in [1.54, 1.807) is 0 Å². The summed E-state index contributed by atoms with van der Waals surface area (Å²) in [6.45, 7) is 0.831. The molecule has 1 atom stereocenters. The molecule has 7 nitrogen and oxygen atoms in total. The molecule has 0 radical (unpaired) electrons. The van der Waals surface area contributed by atoms with Gasteiger partial charge in [0.05, 0.1) is 24.1 Å². The number of aromatic nitrogens is 1. The summed E-state index contributed by atoms with van der Waals surface area (Å²) in [6, 6.07) is 5.77. The molecule has 2 heterocycles. The molecule has 1 N–H and O–H groups in total. The van der Waals surface area contributed by atoms with E-state index >= 15 is 0 Å². The summed E-state index contributed by atoms with van der Waals surface area (Å²) >= 11 is 0. The zero-order valence-electron chi connectivity index (χ0n) is 17.7. The third kappa shape index (κ3) is 4.45. The van der Waals surface area contributed by atoms with Gasteiger partial charge in [-0.2, -0.15) is 13.2 Å². The number of benzene rings is 2. The Labute approximate surface area is 192 Å². The van der Waals surface area contributed by atoms with Crippen molar-refractivity contribution in [2.45, 2.75) is 32.1 Å². The van der Waals surface area contributed by atoms with Gasteiger partial charge >= 0.3 is 18.5 Å². The van der Waals surface area contributed by atoms with Crippen molar-refractivity contribution in [3.05, 3.63) is 63.4 Å². The summed E-state index contributed by atoms with van der Waals surface area (Å²) in [7, 11) is 0. The monoisotopic (exact) mass is 503 g/mol. The molecule has 1 aliphatic rings. The van der Waals surface area contributed by atoms with Gasteiger partial charge in [-0.05, 0) is 36.8 Å². The van der Waals surface area contributed by atoms with E-state index in [1.807, 2.05) is 0 Å². The van der Waals surface area contributed by atoms with Crippen LogP contribution in [0.15, 0.2) is 41.2 Å². The van der Waals surface area contributed by atoms with Crippen LogP contribution in [-0.4, -0.2) is 28.6 Å². The van der Waals surface area contributed by atoms with Crippen LogP contribution in [0.4, 0.5) is 26.3 Å². The van der Waals surface area contributed by atoms with E-state index in [9.17, 15) is 41.0 Å². The minimum Gasteiger partial charge on any atom is -0.506 e. The van der Waals surface area contributed by atoms with Crippen LogP contribution in [0.2, 0.25) is 0 Å². The van der Waals surface area contributed by atoms with Gasteiger partial charge in [0.1, 0.15) is 28.9 Å². The van der Waals surface area contributed by atoms with E-state index in [2.05, 4.69) is 4.74 Å². The Kier molecular flexibility index (Phi) is 5.81. The number of ether oxygens (including phenoxy) is 3. The fourth-order valence-electron chi connectivity index (χ4n) is 3.80. The number of alkyl halides is 6. The van der Waals surface area contributed by atoms with Crippen LogP contribution in [0.25, 0.3) is 10.9 Å². The molecule has 0 saturated heterocycles. The van der Waals surface area contributed by atoms with Gasteiger partial charge in [0.15, 0.2) is 5.56 Å². The molecule has 0 aliphatic carbocycles. The Bertz CT molecular complexity index is 1360. The first kappa shape index (κ1) is 24.2. The molecule has 1 unspecified atom stereocenters. The van der Waals surface area contributed by atoms with Gasteiger partial charge in [0.25, 0.3) is 5.56 Å². The summed E-state index contributed by atoms with van der Waals surface area (Å²) in [5.74, 6) is -3.42. The minimum atomic E-state index is -5.17. The molecule has 0 fully saturated rings. The largest absolute Gasteiger partial charge is 0.573 e. The standard InChI is InChI=1S/C22H15F6NO6/c1-2-33-20(32)16-18(30)15-12(35-22(26,27)28)7-8-13-17(15)29(19(16)31)9-14(34-13)10-3-5-11(6-4-10)21(23,24)25/h3-8,14,30H,2,9H2,1H3. The summed E-state index contributed by atoms with van der Waals surface area (Å²) < 4.78 is 93.1. The van der Waals surface area contributed by atoms with E-state index in [1.165, 1.54) is 6.92 Å². The molecule has 0 saturated carbocycles. The second-order valence-corrected chi connectivity index (χ2v) is 7.42. The van der Waals surface area contributed by atoms with Crippen molar-refractivity contribution >= 4 is 16.9 Å². The molecule has 0 spiro atoms. The Balaban J connectivity index is 1.91. The Morgan fingerprint density at radius 2 is 1.77 bits per heavy atom. The third-order valence-corrected chi connectivity index (χ3v) is 5.24. The number of aromatic hydroxyl groups is 1. The van der Waals surface area contributed by atoms with Gasteiger partial charge in [0, 0.05) is 0 Å². The average Bonchev–Trinajstić information content (AvgIpc) is 2.76. The molecule has 1 aliphatic heterocycles. The van der Waals surface area contributed by atoms with Crippen LogP contribution in [-0.2, 0) is 17.5 Å². The number of nitrogens with zero attached hydrogens (tertiary/aromatic N) is 1. The summed E-state index contributed by atoms with van der Waals surface area (Å²) in [5.41, 5.74) is -2.98. The number of halogens is 6. The normalized spacial score (nSPS) is 15.6. The number of carbonyl (C=O) groups is 1. The number of esters is 1. The van der Waals surface area contributed by atoms with Gasteiger partial charge in [-0.3, -0.25) is 9.36 Å². The van der Waals surface area contributed by atoms with Crippen LogP contribution in [0.1, 0.15) is 34.5 Å². The van der Waals surface area contributed by atoms with Gasteiger partial charge < -0.3 is 19.3 Å². The highest BCUT2D eigenvalue weighted by Gasteiger charge is 2.37. The first-order chi connectivity index (χ1) is 16.3. The predicted octanol–water partition coefficient (Wildman–Crippen LogP) is 4.93. The summed E-state index contributed by atoms with van der Waals surface area (Å²) in [4.78, 5) is 25.5. The highest BCUT2D eigenvalue weighted by molar-refractivity contribution is 6.03. The Hall–Kier alpha value is -3.90. The first-order valence-corrected chi connectivity index (χ1v) is 10.0. The van der Waals surface area contributed by atoms with Crippen LogP contribution < -0.4 is 15.0 Å². The van der Waals surface area contributed by atoms with Gasteiger partial charge in [-0.1, -0.05) is 12.1 Å². The second kappa shape index (κ2) is 8.40. The second-order valence-electron chi connectivity index (χ2n) is 7.42. The highest BCUT2D eigenvalue weighted by atomic mass is 19.4. The lowest BCUT2D eigenvalue weighted by Crippen LogP contribution is -2.34. The molecular formula is C22H15F6NO6. The third-order valence-electron chi connectivity index (χ3n) is 5.24. The quantitative estimate of drug-likeness (QED) is 0.401. The topological polar surface area (TPSA) is 87.0 Å². The zero-order valence-corrected chi connectivity index (χ0v) is 17.7. The molecular weight excluding hydrogens is 488 g/mol. The Morgan fingerprint density at radius 3 is 2.34 bits per heavy atom. The molecule has 0 bridgehead atoms. The number of rotatable bonds is 4. The fourth-order valence-corrected chi connectivity index (χ4v) is 3.80. The van der Waals surface area contributed by atoms with Crippen molar-refractivity contribution in [2.75, 3.05) is 6.61 Å². The van der Waals surface area contributed by atoms with E-state index in [4.69, 9.17) is 9.47 Å². The summed E-state index contributed by atoms with van der Waals surface area (Å²) in [6.07, 6.45) is -10.8. The summed E-state index contributed by atoms with van der Waals surface area (Å²) in [5, 5.41) is 10.0. The molecule has 0 amide bonds. The van der Waals surface area contributed by atoms with Crippen molar-refractivity contribution < 1.29 is 50.5 Å². The van der Waals surface area contributed by atoms with Gasteiger partial charge in [0.2, 0.25) is 0 Å². The van der Waals surface area contributed by atoms with Crippen LogP contribution in [0, 0.1) is 0 Å². The lowest BCUT2D eigenvalue weighted by molar-refractivity contribution is -0.274. The lowest BCUT2D eigenvalue weighted by atomic mass is 10.0. The number of hydrogen-bond donors (Lipinski definition) is 1. The van der Waals surface area contributed by atoms with Crippen LogP contribution in [0.5, 0.6) is 17.2 Å². The average molecular weight is 503 g/mol. The number of pyridine rings is 1. The van der Waals surface area contributed by atoms with E-state index < -0.39 is 64.7 Å². The maximum absolute atomic E-state index is 13.1.